The van der Waals surface area contributed by atoms with E-state index in [0.29, 0.717) is 0 Å². The molecule has 2 heterocycles. The highest BCUT2D eigenvalue weighted by molar-refractivity contribution is 5.78. The van der Waals surface area contributed by atoms with Gasteiger partial charge in [-0.2, -0.15) is 0 Å². The average Bonchev–Trinajstić information content (AvgIpc) is 2.61. The average molecular weight is 244 g/mol. The minimum atomic E-state index is -1.39. The van der Waals surface area contributed by atoms with Gasteiger partial charge in [-0.25, -0.2) is 4.79 Å². The monoisotopic (exact) mass is 244 g/mol. The number of carbonyl (C=O) groups is 1. The van der Waals surface area contributed by atoms with Crippen molar-refractivity contribution in [1.29, 1.82) is 0 Å². The minimum Gasteiger partial charge on any atom is -0.454 e. The molecule has 2 fully saturated rings. The van der Waals surface area contributed by atoms with Gasteiger partial charge < -0.3 is 19.1 Å². The van der Waals surface area contributed by atoms with Crippen molar-refractivity contribution in [3.63, 3.8) is 0 Å². The van der Waals surface area contributed by atoms with Gasteiger partial charge in [-0.15, -0.1) is 0 Å². The van der Waals surface area contributed by atoms with Gasteiger partial charge in [-0.1, -0.05) is 0 Å². The van der Waals surface area contributed by atoms with Gasteiger partial charge in [-0.05, 0) is 13.8 Å². The maximum absolute atomic E-state index is 11.6. The van der Waals surface area contributed by atoms with E-state index in [1.807, 2.05) is 0 Å². The van der Waals surface area contributed by atoms with Crippen LogP contribution in [0, 0.1) is 0 Å². The summed E-state index contributed by atoms with van der Waals surface area (Å²) in [6.07, 6.45) is 0.842. The van der Waals surface area contributed by atoms with Crippen LogP contribution < -0.4 is 0 Å². The first-order valence-electron chi connectivity index (χ1n) is 6.28. The van der Waals surface area contributed by atoms with Crippen molar-refractivity contribution in [1.82, 2.24) is 0 Å². The Balaban J connectivity index is 1.87. The molecule has 0 bridgehead atoms. The van der Waals surface area contributed by atoms with E-state index in [-0.39, 0.29) is 6.10 Å². The molecule has 2 aliphatic rings. The fourth-order valence-electron chi connectivity index (χ4n) is 2.56. The van der Waals surface area contributed by atoms with Gasteiger partial charge in [0, 0.05) is 6.42 Å². The quantitative estimate of drug-likeness (QED) is 0.545. The SMILES string of the molecule is CC(C)(O)C(=O)OC1CC[N+]2(CCOCC2)C1. The van der Waals surface area contributed by atoms with Crippen molar-refractivity contribution in [3.05, 3.63) is 0 Å². The van der Waals surface area contributed by atoms with Crippen LogP contribution in [0.25, 0.3) is 0 Å². The lowest BCUT2D eigenvalue weighted by molar-refractivity contribution is -0.925. The number of quaternary nitrogens is 1. The third-order valence-corrected chi connectivity index (χ3v) is 3.71. The van der Waals surface area contributed by atoms with Crippen LogP contribution in [0.3, 0.4) is 0 Å². The predicted octanol–water partition coefficient (Wildman–Crippen LogP) is -0.0802. The molecular formula is C12H22NO4+. The summed E-state index contributed by atoms with van der Waals surface area (Å²) in [5.41, 5.74) is -1.39. The molecule has 5 nitrogen and oxygen atoms in total. The topological polar surface area (TPSA) is 55.8 Å². The summed E-state index contributed by atoms with van der Waals surface area (Å²) in [6.45, 7) is 8.45. The Bertz CT molecular complexity index is 291. The van der Waals surface area contributed by atoms with E-state index in [0.717, 1.165) is 50.3 Å². The van der Waals surface area contributed by atoms with Gasteiger partial charge in [0.2, 0.25) is 0 Å². The first kappa shape index (κ1) is 12.8. The number of rotatable bonds is 2. The van der Waals surface area contributed by atoms with Crippen LogP contribution in [0.5, 0.6) is 0 Å². The van der Waals surface area contributed by atoms with Crippen molar-refractivity contribution < 1.29 is 23.9 Å². The second-order valence-corrected chi connectivity index (χ2v) is 5.68. The molecule has 0 aliphatic carbocycles. The van der Waals surface area contributed by atoms with Crippen molar-refractivity contribution in [3.8, 4) is 0 Å². The molecule has 0 aromatic rings. The summed E-state index contributed by atoms with van der Waals surface area (Å²) >= 11 is 0. The van der Waals surface area contributed by atoms with Crippen LogP contribution in [0.1, 0.15) is 20.3 Å². The third-order valence-electron chi connectivity index (χ3n) is 3.71. The molecule has 2 aliphatic heterocycles. The Morgan fingerprint density at radius 2 is 2.00 bits per heavy atom. The van der Waals surface area contributed by atoms with E-state index < -0.39 is 11.6 Å². The van der Waals surface area contributed by atoms with E-state index in [9.17, 15) is 9.90 Å². The van der Waals surface area contributed by atoms with Gasteiger partial charge in [0.05, 0.1) is 19.8 Å². The summed E-state index contributed by atoms with van der Waals surface area (Å²) in [7, 11) is 0. The van der Waals surface area contributed by atoms with E-state index >= 15 is 0 Å². The summed E-state index contributed by atoms with van der Waals surface area (Å²) in [5, 5.41) is 9.55. The number of esters is 1. The highest BCUT2D eigenvalue weighted by Gasteiger charge is 2.42. The molecule has 2 saturated heterocycles. The largest absolute Gasteiger partial charge is 0.454 e. The van der Waals surface area contributed by atoms with Crippen molar-refractivity contribution in [2.75, 3.05) is 39.4 Å². The van der Waals surface area contributed by atoms with Crippen molar-refractivity contribution >= 4 is 5.97 Å². The predicted molar refractivity (Wildman–Crippen MR) is 61.3 cm³/mol. The zero-order chi connectivity index (χ0) is 12.5. The number of hydrogen-bond acceptors (Lipinski definition) is 4. The molecule has 17 heavy (non-hydrogen) atoms. The lowest BCUT2D eigenvalue weighted by Gasteiger charge is -2.37. The Kier molecular flexibility index (Phi) is 3.43. The van der Waals surface area contributed by atoms with Crippen LogP contribution in [0.15, 0.2) is 0 Å². The van der Waals surface area contributed by atoms with Crippen LogP contribution in [-0.2, 0) is 14.3 Å². The summed E-state index contributed by atoms with van der Waals surface area (Å²) in [4.78, 5) is 11.6. The third kappa shape index (κ3) is 2.97. The molecule has 1 N–H and O–H groups in total. The van der Waals surface area contributed by atoms with E-state index in [1.165, 1.54) is 13.8 Å². The highest BCUT2D eigenvalue weighted by atomic mass is 16.6. The summed E-state index contributed by atoms with van der Waals surface area (Å²) < 4.78 is 11.7. The molecule has 1 spiro atoms. The molecule has 0 aromatic heterocycles. The summed E-state index contributed by atoms with van der Waals surface area (Å²) in [6, 6.07) is 0. The molecule has 0 amide bonds. The standard InChI is InChI=1S/C12H22NO4/c1-12(2,15)11(14)17-10-3-4-13(9-10)5-7-16-8-6-13/h10,15H,3-9H2,1-2H3/q+1. The fraction of sp³-hybridized carbons (Fsp3) is 0.917. The lowest BCUT2D eigenvalue weighted by atomic mass is 10.1. The zero-order valence-electron chi connectivity index (χ0n) is 10.6. The van der Waals surface area contributed by atoms with Gasteiger partial charge in [0.25, 0.3) is 0 Å². The van der Waals surface area contributed by atoms with Gasteiger partial charge in [0.15, 0.2) is 11.7 Å². The van der Waals surface area contributed by atoms with E-state index in [1.54, 1.807) is 0 Å². The molecule has 1 atom stereocenters. The number of nitrogens with zero attached hydrogens (tertiary/aromatic N) is 1. The number of morpholine rings is 1. The normalized spacial score (nSPS) is 28.3. The van der Waals surface area contributed by atoms with Gasteiger partial charge in [-0.3, -0.25) is 0 Å². The van der Waals surface area contributed by atoms with Gasteiger partial charge >= 0.3 is 5.97 Å². The zero-order valence-corrected chi connectivity index (χ0v) is 10.6. The highest BCUT2D eigenvalue weighted by Crippen LogP contribution is 2.24. The lowest BCUT2D eigenvalue weighted by Crippen LogP contribution is -2.54. The Morgan fingerprint density at radius 3 is 2.59 bits per heavy atom. The molecule has 98 valence electrons. The maximum Gasteiger partial charge on any atom is 0.338 e. The van der Waals surface area contributed by atoms with E-state index in [4.69, 9.17) is 9.47 Å². The van der Waals surface area contributed by atoms with Crippen molar-refractivity contribution in [2.24, 2.45) is 0 Å². The molecule has 1 unspecified atom stereocenters. The molecule has 2 rings (SSSR count). The number of hydrogen-bond donors (Lipinski definition) is 1. The first-order valence-corrected chi connectivity index (χ1v) is 6.28. The van der Waals surface area contributed by atoms with Crippen LogP contribution in [0.2, 0.25) is 0 Å². The van der Waals surface area contributed by atoms with E-state index in [2.05, 4.69) is 0 Å². The number of ether oxygens (including phenoxy) is 2. The van der Waals surface area contributed by atoms with Crippen LogP contribution in [-0.4, -0.2) is 66.7 Å². The Morgan fingerprint density at radius 1 is 1.35 bits per heavy atom. The van der Waals surface area contributed by atoms with Crippen molar-refractivity contribution in [2.45, 2.75) is 32.0 Å². The first-order chi connectivity index (χ1) is 7.91. The Labute approximate surface area is 102 Å². The maximum atomic E-state index is 11.6. The molecule has 0 aromatic carbocycles. The fourth-order valence-corrected chi connectivity index (χ4v) is 2.56. The molecule has 5 heteroatoms. The second-order valence-electron chi connectivity index (χ2n) is 5.68. The Hall–Kier alpha value is -0.650. The van der Waals surface area contributed by atoms with Gasteiger partial charge in [0.1, 0.15) is 19.6 Å². The summed E-state index contributed by atoms with van der Waals surface area (Å²) in [5.74, 6) is -0.518. The minimum absolute atomic E-state index is 0.0491. The smallest absolute Gasteiger partial charge is 0.338 e. The molecule has 0 saturated carbocycles. The molecule has 0 radical (unpaired) electrons. The van der Waals surface area contributed by atoms with Crippen LogP contribution in [0.4, 0.5) is 0 Å². The number of carbonyl (C=O) groups excluding carboxylic acids is 1. The van der Waals surface area contributed by atoms with Crippen LogP contribution >= 0.6 is 0 Å². The number of aliphatic hydroxyl groups is 1. The second kappa shape index (κ2) is 4.55. The molecular weight excluding hydrogens is 222 g/mol.